The van der Waals surface area contributed by atoms with E-state index in [1.54, 1.807) is 6.26 Å². The van der Waals surface area contributed by atoms with E-state index in [1.165, 1.54) is 5.39 Å². The van der Waals surface area contributed by atoms with Gasteiger partial charge in [0.1, 0.15) is 5.76 Å². The van der Waals surface area contributed by atoms with Crippen LogP contribution >= 0.6 is 0 Å². The quantitative estimate of drug-likeness (QED) is 0.783. The zero-order chi connectivity index (χ0) is 13.4. The standard InChI is InChI=1S/C15H17N3O/c1-10-11(7-8-19-10)13(16)9-14-12-5-3-4-6-15(12)18(2)17-14/h3-8,13H,9,16H2,1-2H3. The molecule has 1 atom stereocenters. The highest BCUT2D eigenvalue weighted by atomic mass is 16.3. The molecule has 2 N–H and O–H groups in total. The molecule has 0 saturated carbocycles. The highest BCUT2D eigenvalue weighted by molar-refractivity contribution is 5.81. The summed E-state index contributed by atoms with van der Waals surface area (Å²) in [5, 5.41) is 5.74. The zero-order valence-electron chi connectivity index (χ0n) is 11.1. The predicted molar refractivity (Wildman–Crippen MR) is 74.8 cm³/mol. The van der Waals surface area contributed by atoms with Gasteiger partial charge in [-0.3, -0.25) is 4.68 Å². The number of rotatable bonds is 3. The molecule has 0 aliphatic carbocycles. The van der Waals surface area contributed by atoms with Crippen molar-refractivity contribution in [1.29, 1.82) is 0 Å². The summed E-state index contributed by atoms with van der Waals surface area (Å²) < 4.78 is 7.21. The van der Waals surface area contributed by atoms with Gasteiger partial charge in [0.05, 0.1) is 17.5 Å². The lowest BCUT2D eigenvalue weighted by Crippen LogP contribution is -2.14. The van der Waals surface area contributed by atoms with Crippen molar-refractivity contribution >= 4 is 10.9 Å². The molecule has 2 heterocycles. The number of hydrogen-bond acceptors (Lipinski definition) is 3. The fraction of sp³-hybridized carbons (Fsp3) is 0.267. The van der Waals surface area contributed by atoms with E-state index in [2.05, 4.69) is 17.2 Å². The van der Waals surface area contributed by atoms with Crippen LogP contribution in [0.2, 0.25) is 0 Å². The van der Waals surface area contributed by atoms with Crippen molar-refractivity contribution in [2.45, 2.75) is 19.4 Å². The van der Waals surface area contributed by atoms with Gasteiger partial charge in [-0.15, -0.1) is 0 Å². The number of aromatic nitrogens is 2. The third kappa shape index (κ3) is 2.04. The Hall–Kier alpha value is -2.07. The second kappa shape index (κ2) is 4.55. The van der Waals surface area contributed by atoms with Gasteiger partial charge in [-0.05, 0) is 19.1 Å². The van der Waals surface area contributed by atoms with Gasteiger partial charge in [0, 0.05) is 30.5 Å². The van der Waals surface area contributed by atoms with Crippen molar-refractivity contribution in [2.24, 2.45) is 12.8 Å². The molecule has 0 aliphatic rings. The molecule has 4 nitrogen and oxygen atoms in total. The number of nitrogens with zero attached hydrogens (tertiary/aromatic N) is 2. The van der Waals surface area contributed by atoms with Crippen molar-refractivity contribution in [3.63, 3.8) is 0 Å². The lowest BCUT2D eigenvalue weighted by Gasteiger charge is -2.09. The second-order valence-corrected chi connectivity index (χ2v) is 4.83. The van der Waals surface area contributed by atoms with Crippen molar-refractivity contribution < 1.29 is 4.42 Å². The van der Waals surface area contributed by atoms with E-state index in [4.69, 9.17) is 10.2 Å². The Bertz CT molecular complexity index is 711. The summed E-state index contributed by atoms with van der Waals surface area (Å²) in [6.45, 7) is 1.94. The first-order valence-corrected chi connectivity index (χ1v) is 6.37. The monoisotopic (exact) mass is 255 g/mol. The normalized spacial score (nSPS) is 13.0. The lowest BCUT2D eigenvalue weighted by molar-refractivity contribution is 0.523. The van der Waals surface area contributed by atoms with Crippen molar-refractivity contribution in [1.82, 2.24) is 9.78 Å². The van der Waals surface area contributed by atoms with Gasteiger partial charge in [-0.25, -0.2) is 0 Å². The maximum atomic E-state index is 6.26. The summed E-state index contributed by atoms with van der Waals surface area (Å²) in [5.74, 6) is 0.882. The highest BCUT2D eigenvalue weighted by Gasteiger charge is 2.16. The zero-order valence-corrected chi connectivity index (χ0v) is 11.1. The average Bonchev–Trinajstić information content (AvgIpc) is 2.95. The minimum atomic E-state index is -0.0861. The van der Waals surface area contributed by atoms with Crippen LogP contribution in [0.15, 0.2) is 41.0 Å². The first-order chi connectivity index (χ1) is 9.16. The predicted octanol–water partition coefficient (Wildman–Crippen LogP) is 2.72. The summed E-state index contributed by atoms with van der Waals surface area (Å²) in [4.78, 5) is 0. The van der Waals surface area contributed by atoms with Gasteiger partial charge in [-0.2, -0.15) is 5.10 Å². The topological polar surface area (TPSA) is 57.0 Å². The molecule has 1 unspecified atom stereocenters. The van der Waals surface area contributed by atoms with Crippen LogP contribution in [-0.2, 0) is 13.5 Å². The minimum absolute atomic E-state index is 0.0861. The second-order valence-electron chi connectivity index (χ2n) is 4.83. The van der Waals surface area contributed by atoms with Gasteiger partial charge >= 0.3 is 0 Å². The first kappa shape index (κ1) is 12.0. The van der Waals surface area contributed by atoms with E-state index in [0.29, 0.717) is 6.42 Å². The lowest BCUT2D eigenvalue weighted by atomic mass is 10.0. The molecule has 0 radical (unpaired) electrons. The van der Waals surface area contributed by atoms with Gasteiger partial charge in [0.2, 0.25) is 0 Å². The molecule has 0 amide bonds. The molecule has 3 aromatic rings. The van der Waals surface area contributed by atoms with Crippen LogP contribution in [0.5, 0.6) is 0 Å². The summed E-state index contributed by atoms with van der Waals surface area (Å²) >= 11 is 0. The molecule has 98 valence electrons. The molecule has 0 aliphatic heterocycles. The van der Waals surface area contributed by atoms with Gasteiger partial charge in [-0.1, -0.05) is 18.2 Å². The fourth-order valence-electron chi connectivity index (χ4n) is 2.54. The third-order valence-corrected chi connectivity index (χ3v) is 3.55. The first-order valence-electron chi connectivity index (χ1n) is 6.37. The summed E-state index contributed by atoms with van der Waals surface area (Å²) in [6, 6.07) is 10.1. The Morgan fingerprint density at radius 1 is 1.32 bits per heavy atom. The fourth-order valence-corrected chi connectivity index (χ4v) is 2.54. The smallest absolute Gasteiger partial charge is 0.105 e. The number of para-hydroxylation sites is 1. The SMILES string of the molecule is Cc1occc1C(N)Cc1nn(C)c2ccccc12. The van der Waals surface area contributed by atoms with E-state index < -0.39 is 0 Å². The van der Waals surface area contributed by atoms with E-state index in [1.807, 2.05) is 36.9 Å². The summed E-state index contributed by atoms with van der Waals surface area (Å²) in [5.41, 5.74) is 9.48. The highest BCUT2D eigenvalue weighted by Crippen LogP contribution is 2.24. The number of hydrogen-bond donors (Lipinski definition) is 1. The third-order valence-electron chi connectivity index (χ3n) is 3.55. The van der Waals surface area contributed by atoms with Crippen LogP contribution in [-0.4, -0.2) is 9.78 Å². The molecular weight excluding hydrogens is 238 g/mol. The van der Waals surface area contributed by atoms with Crippen molar-refractivity contribution in [3.05, 3.63) is 53.6 Å². The van der Waals surface area contributed by atoms with Crippen LogP contribution in [0, 0.1) is 6.92 Å². The molecular formula is C15H17N3O. The molecule has 4 heteroatoms. The van der Waals surface area contributed by atoms with Crippen LogP contribution in [0.3, 0.4) is 0 Å². The molecule has 1 aromatic carbocycles. The Morgan fingerprint density at radius 3 is 2.84 bits per heavy atom. The van der Waals surface area contributed by atoms with E-state index in [9.17, 15) is 0 Å². The molecule has 0 saturated heterocycles. The number of fused-ring (bicyclic) bond motifs is 1. The number of furan rings is 1. The van der Waals surface area contributed by atoms with Crippen molar-refractivity contribution in [3.8, 4) is 0 Å². The van der Waals surface area contributed by atoms with Crippen molar-refractivity contribution in [2.75, 3.05) is 0 Å². The number of benzene rings is 1. The molecule has 2 aromatic heterocycles. The van der Waals surface area contributed by atoms with Crippen LogP contribution in [0.4, 0.5) is 0 Å². The maximum Gasteiger partial charge on any atom is 0.105 e. The molecule has 19 heavy (non-hydrogen) atoms. The van der Waals surface area contributed by atoms with E-state index in [0.717, 1.165) is 22.5 Å². The van der Waals surface area contributed by atoms with Gasteiger partial charge < -0.3 is 10.2 Å². The average molecular weight is 255 g/mol. The maximum absolute atomic E-state index is 6.26. The van der Waals surface area contributed by atoms with Crippen LogP contribution in [0.25, 0.3) is 10.9 Å². The molecule has 0 spiro atoms. The Balaban J connectivity index is 1.96. The molecule has 0 bridgehead atoms. The Kier molecular flexibility index (Phi) is 2.87. The Labute approximate surface area is 111 Å². The number of aryl methyl sites for hydroxylation is 2. The van der Waals surface area contributed by atoms with Crippen LogP contribution in [0.1, 0.15) is 23.1 Å². The largest absolute Gasteiger partial charge is 0.469 e. The van der Waals surface area contributed by atoms with E-state index >= 15 is 0 Å². The van der Waals surface area contributed by atoms with Gasteiger partial charge in [0.25, 0.3) is 0 Å². The Morgan fingerprint density at radius 2 is 2.11 bits per heavy atom. The summed E-state index contributed by atoms with van der Waals surface area (Å²) in [7, 11) is 1.96. The molecule has 3 rings (SSSR count). The summed E-state index contributed by atoms with van der Waals surface area (Å²) in [6.07, 6.45) is 2.39. The van der Waals surface area contributed by atoms with E-state index in [-0.39, 0.29) is 6.04 Å². The number of nitrogens with two attached hydrogens (primary N) is 1. The minimum Gasteiger partial charge on any atom is -0.469 e. The molecule has 0 fully saturated rings. The van der Waals surface area contributed by atoms with Gasteiger partial charge in [0.15, 0.2) is 0 Å². The van der Waals surface area contributed by atoms with Crippen LogP contribution < -0.4 is 5.73 Å².